The molecular formula is C18H18N4O3S. The van der Waals surface area contributed by atoms with Crippen LogP contribution >= 0.6 is 0 Å². The molecule has 3 aromatic rings. The zero-order valence-corrected chi connectivity index (χ0v) is 15.1. The minimum atomic E-state index is -3.77. The zero-order valence-electron chi connectivity index (χ0n) is 14.3. The summed E-state index contributed by atoms with van der Waals surface area (Å²) in [7, 11) is -3.77. The standard InChI is InChI=1S/C18H18N4O3S/c1-12-6-7-17(13(2)21-12)25-15-8-9-20-18(11-15)22-14-4-3-5-16(10-14)26(19,23)24/h3-11H,1-2H3,(H,20,22)(H2,19,23,24). The second-order valence-corrected chi connectivity index (χ2v) is 7.27. The van der Waals surface area contributed by atoms with E-state index in [0.717, 1.165) is 11.4 Å². The van der Waals surface area contributed by atoms with E-state index in [9.17, 15) is 8.42 Å². The van der Waals surface area contributed by atoms with Crippen LogP contribution < -0.4 is 15.2 Å². The molecule has 0 saturated carbocycles. The molecule has 0 bridgehead atoms. The second-order valence-electron chi connectivity index (χ2n) is 5.71. The van der Waals surface area contributed by atoms with E-state index in [4.69, 9.17) is 9.88 Å². The molecule has 3 rings (SSSR count). The average molecular weight is 370 g/mol. The van der Waals surface area contributed by atoms with Crippen molar-refractivity contribution >= 4 is 21.5 Å². The Bertz CT molecular complexity index is 1050. The predicted octanol–water partition coefficient (Wildman–Crippen LogP) is 3.28. The van der Waals surface area contributed by atoms with E-state index in [2.05, 4.69) is 15.3 Å². The smallest absolute Gasteiger partial charge is 0.238 e. The lowest BCUT2D eigenvalue weighted by molar-refractivity contribution is 0.475. The fourth-order valence-corrected chi connectivity index (χ4v) is 2.91. The number of pyridine rings is 2. The molecule has 0 atom stereocenters. The minimum Gasteiger partial charge on any atom is -0.455 e. The number of hydrogen-bond donors (Lipinski definition) is 2. The van der Waals surface area contributed by atoms with Gasteiger partial charge in [0.15, 0.2) is 0 Å². The molecule has 0 aliphatic rings. The first kappa shape index (κ1) is 17.8. The van der Waals surface area contributed by atoms with Crippen molar-refractivity contribution in [2.75, 3.05) is 5.32 Å². The molecule has 0 spiro atoms. The second kappa shape index (κ2) is 7.11. The SMILES string of the molecule is Cc1ccc(Oc2ccnc(Nc3cccc(S(N)(=O)=O)c3)c2)c(C)n1. The molecule has 0 unspecified atom stereocenters. The summed E-state index contributed by atoms with van der Waals surface area (Å²) in [6.07, 6.45) is 1.60. The number of rotatable bonds is 5. The van der Waals surface area contributed by atoms with Crippen LogP contribution in [0.15, 0.2) is 59.6 Å². The Kier molecular flexibility index (Phi) is 4.88. The summed E-state index contributed by atoms with van der Waals surface area (Å²) >= 11 is 0. The maximum absolute atomic E-state index is 11.5. The number of anilines is 2. The monoisotopic (exact) mass is 370 g/mol. The lowest BCUT2D eigenvalue weighted by Crippen LogP contribution is -2.12. The van der Waals surface area contributed by atoms with Crippen molar-refractivity contribution in [1.82, 2.24) is 9.97 Å². The summed E-state index contributed by atoms with van der Waals surface area (Å²) < 4.78 is 28.8. The molecule has 0 fully saturated rings. The Labute approximate surface area is 151 Å². The highest BCUT2D eigenvalue weighted by atomic mass is 32.2. The third-order valence-corrected chi connectivity index (χ3v) is 4.48. The molecule has 0 aliphatic heterocycles. The lowest BCUT2D eigenvalue weighted by atomic mass is 10.3. The molecule has 2 heterocycles. The van der Waals surface area contributed by atoms with Gasteiger partial charge in [0, 0.05) is 23.6 Å². The van der Waals surface area contributed by atoms with Crippen LogP contribution in [0.4, 0.5) is 11.5 Å². The van der Waals surface area contributed by atoms with Crippen molar-refractivity contribution in [3.05, 3.63) is 66.1 Å². The fraction of sp³-hybridized carbons (Fsp3) is 0.111. The van der Waals surface area contributed by atoms with E-state index in [0.29, 0.717) is 23.0 Å². The van der Waals surface area contributed by atoms with Gasteiger partial charge in [0.25, 0.3) is 0 Å². The number of sulfonamides is 1. The number of hydrogen-bond acceptors (Lipinski definition) is 6. The van der Waals surface area contributed by atoms with Gasteiger partial charge in [-0.3, -0.25) is 4.98 Å². The highest BCUT2D eigenvalue weighted by Gasteiger charge is 2.09. The lowest BCUT2D eigenvalue weighted by Gasteiger charge is -2.11. The van der Waals surface area contributed by atoms with Gasteiger partial charge < -0.3 is 10.1 Å². The molecule has 0 amide bonds. The molecule has 8 heteroatoms. The van der Waals surface area contributed by atoms with Crippen LogP contribution in [0.3, 0.4) is 0 Å². The average Bonchev–Trinajstić information content (AvgIpc) is 2.57. The van der Waals surface area contributed by atoms with Crippen molar-refractivity contribution in [1.29, 1.82) is 0 Å². The minimum absolute atomic E-state index is 0.0243. The zero-order chi connectivity index (χ0) is 18.7. The molecule has 0 radical (unpaired) electrons. The van der Waals surface area contributed by atoms with Crippen LogP contribution in [0.5, 0.6) is 11.5 Å². The van der Waals surface area contributed by atoms with Crippen molar-refractivity contribution in [2.24, 2.45) is 5.14 Å². The van der Waals surface area contributed by atoms with Crippen LogP contribution in [0.1, 0.15) is 11.4 Å². The van der Waals surface area contributed by atoms with E-state index in [1.165, 1.54) is 12.1 Å². The molecule has 0 aliphatic carbocycles. The summed E-state index contributed by atoms with van der Waals surface area (Å²) in [4.78, 5) is 8.61. The number of nitrogens with two attached hydrogens (primary N) is 1. The molecule has 134 valence electrons. The Morgan fingerprint density at radius 2 is 1.88 bits per heavy atom. The number of aromatic nitrogens is 2. The Morgan fingerprint density at radius 3 is 2.62 bits per heavy atom. The summed E-state index contributed by atoms with van der Waals surface area (Å²) in [6, 6.07) is 13.4. The summed E-state index contributed by atoms with van der Waals surface area (Å²) in [6.45, 7) is 3.79. The van der Waals surface area contributed by atoms with Crippen LogP contribution in [-0.4, -0.2) is 18.4 Å². The molecule has 0 saturated heterocycles. The Morgan fingerprint density at radius 1 is 1.08 bits per heavy atom. The van der Waals surface area contributed by atoms with Gasteiger partial charge in [-0.25, -0.2) is 18.5 Å². The number of primary sulfonamides is 1. The summed E-state index contributed by atoms with van der Waals surface area (Å²) in [5.74, 6) is 1.75. The van der Waals surface area contributed by atoms with Gasteiger partial charge in [0.2, 0.25) is 10.0 Å². The first-order valence-corrected chi connectivity index (χ1v) is 9.34. The van der Waals surface area contributed by atoms with Crippen molar-refractivity contribution in [2.45, 2.75) is 18.7 Å². The van der Waals surface area contributed by atoms with Gasteiger partial charge in [-0.05, 0) is 50.2 Å². The first-order chi connectivity index (χ1) is 12.3. The van der Waals surface area contributed by atoms with Crippen molar-refractivity contribution < 1.29 is 13.2 Å². The molecule has 3 N–H and O–H groups in total. The maximum atomic E-state index is 11.5. The first-order valence-electron chi connectivity index (χ1n) is 7.79. The number of nitrogens with one attached hydrogen (secondary N) is 1. The number of ether oxygens (including phenoxy) is 1. The Hall–Kier alpha value is -2.97. The molecule has 2 aromatic heterocycles. The third-order valence-electron chi connectivity index (χ3n) is 3.57. The van der Waals surface area contributed by atoms with E-state index < -0.39 is 10.0 Å². The highest BCUT2D eigenvalue weighted by Crippen LogP contribution is 2.26. The van der Waals surface area contributed by atoms with Gasteiger partial charge in [-0.15, -0.1) is 0 Å². The quantitative estimate of drug-likeness (QED) is 0.714. The number of benzene rings is 1. The summed E-state index contributed by atoms with van der Waals surface area (Å²) in [5, 5.41) is 8.20. The maximum Gasteiger partial charge on any atom is 0.238 e. The number of nitrogens with zero attached hydrogens (tertiary/aromatic N) is 2. The predicted molar refractivity (Wildman–Crippen MR) is 99.1 cm³/mol. The van der Waals surface area contributed by atoms with Crippen LogP contribution in [0.2, 0.25) is 0 Å². The molecular weight excluding hydrogens is 352 g/mol. The van der Waals surface area contributed by atoms with Gasteiger partial charge in [0.05, 0.1) is 10.6 Å². The highest BCUT2D eigenvalue weighted by molar-refractivity contribution is 7.89. The van der Waals surface area contributed by atoms with E-state index in [1.807, 2.05) is 26.0 Å². The van der Waals surface area contributed by atoms with Crippen molar-refractivity contribution in [3.63, 3.8) is 0 Å². The van der Waals surface area contributed by atoms with Crippen LogP contribution in [0, 0.1) is 13.8 Å². The molecule has 1 aromatic carbocycles. The molecule has 26 heavy (non-hydrogen) atoms. The fourth-order valence-electron chi connectivity index (χ4n) is 2.35. The van der Waals surface area contributed by atoms with Crippen LogP contribution in [0.25, 0.3) is 0 Å². The third kappa shape index (κ3) is 4.35. The number of aryl methyl sites for hydroxylation is 2. The molecule has 7 nitrogen and oxygen atoms in total. The normalized spacial score (nSPS) is 11.2. The largest absolute Gasteiger partial charge is 0.455 e. The van der Waals surface area contributed by atoms with Gasteiger partial charge in [-0.1, -0.05) is 6.07 Å². The van der Waals surface area contributed by atoms with Gasteiger partial charge in [-0.2, -0.15) is 0 Å². The topological polar surface area (TPSA) is 107 Å². The van der Waals surface area contributed by atoms with Gasteiger partial charge >= 0.3 is 0 Å². The van der Waals surface area contributed by atoms with E-state index in [1.54, 1.807) is 30.5 Å². The van der Waals surface area contributed by atoms with Gasteiger partial charge in [0.1, 0.15) is 17.3 Å². The summed E-state index contributed by atoms with van der Waals surface area (Å²) in [5.41, 5.74) is 2.26. The van der Waals surface area contributed by atoms with Crippen molar-refractivity contribution in [3.8, 4) is 11.5 Å². The van der Waals surface area contributed by atoms with E-state index >= 15 is 0 Å². The van der Waals surface area contributed by atoms with E-state index in [-0.39, 0.29) is 4.90 Å². The van der Waals surface area contributed by atoms with Crippen LogP contribution in [-0.2, 0) is 10.0 Å². The Balaban J connectivity index is 1.82.